The van der Waals surface area contributed by atoms with Gasteiger partial charge < -0.3 is 18.9 Å². The van der Waals surface area contributed by atoms with Crippen molar-refractivity contribution in [3.05, 3.63) is 0 Å². The van der Waals surface area contributed by atoms with E-state index in [-0.39, 0.29) is 25.6 Å². The van der Waals surface area contributed by atoms with Gasteiger partial charge in [0.05, 0.1) is 27.7 Å². The van der Waals surface area contributed by atoms with Gasteiger partial charge in [0.25, 0.3) is 0 Å². The summed E-state index contributed by atoms with van der Waals surface area (Å²) < 4.78 is 32.7. The number of carbonyl (C=O) groups is 2. The minimum atomic E-state index is -4.31. The largest absolute Gasteiger partial charge is 0.472 e. The Hall–Kier alpha value is -0.990. The Kier molecular flexibility index (Phi) is 20.4. The maximum Gasteiger partial charge on any atom is 0.472 e. The molecular weight excluding hydrogens is 487 g/mol. The molecule has 0 aromatic carbocycles. The summed E-state index contributed by atoms with van der Waals surface area (Å²) in [6.07, 6.45) is 15.3. The Morgan fingerprint density at radius 2 is 1.36 bits per heavy atom. The van der Waals surface area contributed by atoms with E-state index in [2.05, 4.69) is 6.92 Å². The first-order valence-corrected chi connectivity index (χ1v) is 15.2. The molecule has 0 radical (unpaired) electrons. The predicted molar refractivity (Wildman–Crippen MR) is 141 cm³/mol. The summed E-state index contributed by atoms with van der Waals surface area (Å²) in [5.41, 5.74) is 0. The van der Waals surface area contributed by atoms with Crippen LogP contribution in [0.25, 0.3) is 0 Å². The van der Waals surface area contributed by atoms with E-state index in [0.29, 0.717) is 11.0 Å². The summed E-state index contributed by atoms with van der Waals surface area (Å²) in [5.74, 6) is -0.989. The predicted octanol–water partition coefficient (Wildman–Crippen LogP) is 5.78. The minimum absolute atomic E-state index is 0.0314. The molecule has 0 rings (SSSR count). The van der Waals surface area contributed by atoms with Crippen molar-refractivity contribution in [2.24, 2.45) is 0 Å². The molecule has 0 aliphatic heterocycles. The lowest BCUT2D eigenvalue weighted by Crippen LogP contribution is -2.37. The van der Waals surface area contributed by atoms with Crippen molar-refractivity contribution in [3.8, 4) is 0 Å². The number of phosphoric ester groups is 1. The number of ether oxygens (including phenoxy) is 2. The van der Waals surface area contributed by atoms with Crippen molar-refractivity contribution < 1.29 is 42.1 Å². The molecule has 0 saturated heterocycles. The third-order valence-electron chi connectivity index (χ3n) is 5.69. The Bertz CT molecular complexity index is 624. The molecule has 214 valence electrons. The van der Waals surface area contributed by atoms with Crippen molar-refractivity contribution >= 4 is 19.8 Å². The fourth-order valence-electron chi connectivity index (χ4n) is 3.54. The lowest BCUT2D eigenvalue weighted by Gasteiger charge is -2.24. The molecular formula is C26H53NO8P+. The standard InChI is InChI=1S/C26H52NO8P/c1-6-7-8-9-10-11-12-13-14-15-16-17-18-19-26(29)32-22-25(35-24(2)28)23-34-36(30,31)33-21-20-27(3,4)5/h25H,6-23H2,1-5H3/p+1/i26+2. The van der Waals surface area contributed by atoms with Crippen molar-refractivity contribution in [1.82, 2.24) is 0 Å². The number of hydrogen-bond acceptors (Lipinski definition) is 7. The fourth-order valence-corrected chi connectivity index (χ4v) is 4.28. The van der Waals surface area contributed by atoms with Crippen molar-refractivity contribution in [2.75, 3.05) is 47.5 Å². The number of rotatable bonds is 24. The number of carbonyl (C=O) groups excluding carboxylic acids is 2. The molecule has 0 amide bonds. The lowest BCUT2D eigenvalue weighted by molar-refractivity contribution is -0.870. The molecule has 0 aromatic heterocycles. The van der Waals surface area contributed by atoms with Gasteiger partial charge in [-0.05, 0) is 6.42 Å². The molecule has 1 N–H and O–H groups in total. The first kappa shape index (κ1) is 35.0. The number of nitrogens with zero attached hydrogens (tertiary/aromatic N) is 1. The van der Waals surface area contributed by atoms with E-state index in [1.807, 2.05) is 21.1 Å². The molecule has 2 atom stereocenters. The van der Waals surface area contributed by atoms with Crippen LogP contribution in [0.4, 0.5) is 0 Å². The maximum absolute atomic E-state index is 12.0. The second-order valence-corrected chi connectivity index (χ2v) is 12.0. The van der Waals surface area contributed by atoms with Crippen LogP contribution in [0.2, 0.25) is 0 Å². The second-order valence-electron chi connectivity index (χ2n) is 10.5. The zero-order valence-corrected chi connectivity index (χ0v) is 24.4. The number of unbranched alkanes of at least 4 members (excludes halogenated alkanes) is 12. The van der Waals surface area contributed by atoms with E-state index in [1.54, 1.807) is 0 Å². The smallest absolute Gasteiger partial charge is 0.462 e. The molecule has 0 spiro atoms. The summed E-state index contributed by atoms with van der Waals surface area (Å²) in [4.78, 5) is 33.2. The SMILES string of the molecule is CCCCCCCCCCCCCCC[14C](=O)OCC(COP(=O)(O)OCC[N+](C)(C)C)OC(C)=O. The first-order valence-electron chi connectivity index (χ1n) is 13.7. The third-order valence-corrected chi connectivity index (χ3v) is 6.67. The van der Waals surface area contributed by atoms with Crippen LogP contribution in [0.15, 0.2) is 0 Å². The Morgan fingerprint density at radius 3 is 1.83 bits per heavy atom. The molecule has 0 heterocycles. The highest BCUT2D eigenvalue weighted by Crippen LogP contribution is 2.43. The molecule has 10 heteroatoms. The van der Waals surface area contributed by atoms with Gasteiger partial charge >= 0.3 is 19.8 Å². The monoisotopic (exact) mass is 540 g/mol. The van der Waals surface area contributed by atoms with Gasteiger partial charge in [0.1, 0.15) is 19.8 Å². The van der Waals surface area contributed by atoms with Gasteiger partial charge in [0, 0.05) is 13.3 Å². The molecule has 36 heavy (non-hydrogen) atoms. The Morgan fingerprint density at radius 1 is 0.861 bits per heavy atom. The van der Waals surface area contributed by atoms with Crippen molar-refractivity contribution in [3.63, 3.8) is 0 Å². The Labute approximate surface area is 219 Å². The topological polar surface area (TPSA) is 108 Å². The van der Waals surface area contributed by atoms with Crippen LogP contribution in [0, 0.1) is 0 Å². The highest BCUT2D eigenvalue weighted by Gasteiger charge is 2.26. The second kappa shape index (κ2) is 21.0. The van der Waals surface area contributed by atoms with Gasteiger partial charge in [-0.3, -0.25) is 18.6 Å². The van der Waals surface area contributed by atoms with Gasteiger partial charge in [0.15, 0.2) is 6.10 Å². The van der Waals surface area contributed by atoms with Gasteiger partial charge in [-0.2, -0.15) is 0 Å². The quantitative estimate of drug-likeness (QED) is 0.0710. The van der Waals surface area contributed by atoms with Crippen LogP contribution < -0.4 is 0 Å². The lowest BCUT2D eigenvalue weighted by atomic mass is 10.0. The normalized spacial score (nSPS) is 14.3. The van der Waals surface area contributed by atoms with E-state index < -0.39 is 26.5 Å². The highest BCUT2D eigenvalue weighted by molar-refractivity contribution is 7.47. The molecule has 0 aromatic rings. The molecule has 0 bridgehead atoms. The number of likely N-dealkylation sites (N-methyl/N-ethyl adjacent to an activating group) is 1. The van der Waals surface area contributed by atoms with E-state index in [4.69, 9.17) is 18.5 Å². The third kappa shape index (κ3) is 24.7. The average Bonchev–Trinajstić information content (AvgIpc) is 2.77. The summed E-state index contributed by atoms with van der Waals surface area (Å²) in [7, 11) is 1.47. The summed E-state index contributed by atoms with van der Waals surface area (Å²) in [6.45, 7) is 3.34. The van der Waals surface area contributed by atoms with E-state index in [0.717, 1.165) is 19.3 Å². The zero-order chi connectivity index (χ0) is 27.3. The summed E-state index contributed by atoms with van der Waals surface area (Å²) in [5, 5.41) is 0. The Balaban J connectivity index is 3.95. The van der Waals surface area contributed by atoms with Gasteiger partial charge in [-0.25, -0.2) is 4.57 Å². The van der Waals surface area contributed by atoms with Crippen molar-refractivity contribution in [2.45, 2.75) is 110 Å². The van der Waals surface area contributed by atoms with Gasteiger partial charge in [-0.15, -0.1) is 0 Å². The van der Waals surface area contributed by atoms with Crippen LogP contribution in [-0.2, 0) is 32.7 Å². The van der Waals surface area contributed by atoms with Gasteiger partial charge in [0.2, 0.25) is 0 Å². The number of phosphoric acid groups is 1. The average molecular weight is 541 g/mol. The zero-order valence-electron chi connectivity index (χ0n) is 23.5. The molecule has 2 unspecified atom stereocenters. The van der Waals surface area contributed by atoms with E-state index in [1.165, 1.54) is 71.1 Å². The summed E-state index contributed by atoms with van der Waals surface area (Å²) in [6, 6.07) is 0. The van der Waals surface area contributed by atoms with Crippen LogP contribution in [0.3, 0.4) is 0 Å². The van der Waals surface area contributed by atoms with Crippen molar-refractivity contribution in [1.29, 1.82) is 0 Å². The maximum atomic E-state index is 12.0. The molecule has 9 nitrogen and oxygen atoms in total. The molecule has 0 aliphatic carbocycles. The van der Waals surface area contributed by atoms with Crippen LogP contribution in [-0.4, -0.2) is 74.9 Å². The number of quaternary nitrogens is 1. The molecule has 0 fully saturated rings. The van der Waals surface area contributed by atoms with E-state index in [9.17, 15) is 19.0 Å². The minimum Gasteiger partial charge on any atom is -0.462 e. The van der Waals surface area contributed by atoms with Gasteiger partial charge in [-0.1, -0.05) is 84.0 Å². The highest BCUT2D eigenvalue weighted by atomic mass is 31.2. The van der Waals surface area contributed by atoms with Crippen LogP contribution in [0.5, 0.6) is 0 Å². The number of esters is 2. The summed E-state index contributed by atoms with van der Waals surface area (Å²) >= 11 is 0. The van der Waals surface area contributed by atoms with Crippen LogP contribution in [0.1, 0.15) is 104 Å². The molecule has 0 aliphatic rings. The number of hydrogen-bond donors (Lipinski definition) is 1. The molecule has 0 saturated carbocycles. The van der Waals surface area contributed by atoms with E-state index >= 15 is 0 Å². The van der Waals surface area contributed by atoms with Crippen LogP contribution >= 0.6 is 7.82 Å². The first-order chi connectivity index (χ1) is 16.9. The fraction of sp³-hybridized carbons (Fsp3) is 0.923.